The SMILES string of the molecule is CCCC(CCC)N[C@H](C)C(=O)N(C)C. The zero-order chi connectivity index (χ0) is 11.8. The molecule has 3 nitrogen and oxygen atoms in total. The van der Waals surface area contributed by atoms with Crippen molar-refractivity contribution in [2.75, 3.05) is 14.1 Å². The van der Waals surface area contributed by atoms with Crippen molar-refractivity contribution in [3.05, 3.63) is 0 Å². The largest absolute Gasteiger partial charge is 0.347 e. The molecule has 0 spiro atoms. The summed E-state index contributed by atoms with van der Waals surface area (Å²) >= 11 is 0. The number of carbonyl (C=O) groups is 1. The fourth-order valence-corrected chi connectivity index (χ4v) is 1.82. The van der Waals surface area contributed by atoms with Crippen LogP contribution >= 0.6 is 0 Å². The fraction of sp³-hybridized carbons (Fsp3) is 0.917. The number of hydrogen-bond donors (Lipinski definition) is 1. The van der Waals surface area contributed by atoms with E-state index in [1.165, 1.54) is 12.8 Å². The fourth-order valence-electron chi connectivity index (χ4n) is 1.82. The standard InChI is InChI=1S/C12H26N2O/c1-6-8-11(9-7-2)13-10(3)12(15)14(4)5/h10-11,13H,6-9H2,1-5H3/t10-/m1/s1. The highest BCUT2D eigenvalue weighted by Crippen LogP contribution is 2.06. The van der Waals surface area contributed by atoms with Gasteiger partial charge in [-0.3, -0.25) is 4.79 Å². The summed E-state index contributed by atoms with van der Waals surface area (Å²) in [6.07, 6.45) is 4.64. The van der Waals surface area contributed by atoms with Crippen LogP contribution < -0.4 is 5.32 Å². The Bertz CT molecular complexity index is 174. The summed E-state index contributed by atoms with van der Waals surface area (Å²) < 4.78 is 0. The zero-order valence-electron chi connectivity index (χ0n) is 10.8. The predicted octanol–water partition coefficient (Wildman–Crippen LogP) is 2.02. The normalized spacial score (nSPS) is 12.9. The highest BCUT2D eigenvalue weighted by atomic mass is 16.2. The van der Waals surface area contributed by atoms with Crippen LogP contribution in [0, 0.1) is 0 Å². The number of nitrogens with zero attached hydrogens (tertiary/aromatic N) is 1. The first-order chi connectivity index (χ1) is 7.02. The van der Waals surface area contributed by atoms with Crippen molar-refractivity contribution >= 4 is 5.91 Å². The Kier molecular flexibility index (Phi) is 7.39. The lowest BCUT2D eigenvalue weighted by Crippen LogP contribution is -2.46. The Labute approximate surface area is 94.2 Å². The van der Waals surface area contributed by atoms with Gasteiger partial charge in [-0.05, 0) is 19.8 Å². The van der Waals surface area contributed by atoms with Gasteiger partial charge in [-0.2, -0.15) is 0 Å². The molecular formula is C12H26N2O. The van der Waals surface area contributed by atoms with E-state index in [9.17, 15) is 4.79 Å². The van der Waals surface area contributed by atoms with Gasteiger partial charge in [0, 0.05) is 20.1 Å². The van der Waals surface area contributed by atoms with E-state index in [1.807, 2.05) is 6.92 Å². The molecule has 15 heavy (non-hydrogen) atoms. The molecule has 0 aliphatic carbocycles. The summed E-state index contributed by atoms with van der Waals surface area (Å²) in [5, 5.41) is 3.41. The van der Waals surface area contributed by atoms with Gasteiger partial charge in [0.15, 0.2) is 0 Å². The van der Waals surface area contributed by atoms with Gasteiger partial charge in [-0.25, -0.2) is 0 Å². The first kappa shape index (κ1) is 14.4. The van der Waals surface area contributed by atoms with Gasteiger partial charge < -0.3 is 10.2 Å². The van der Waals surface area contributed by atoms with Crippen molar-refractivity contribution in [2.24, 2.45) is 0 Å². The molecular weight excluding hydrogens is 188 g/mol. The molecule has 0 rings (SSSR count). The molecule has 3 heteroatoms. The minimum atomic E-state index is -0.0666. The lowest BCUT2D eigenvalue weighted by Gasteiger charge is -2.24. The summed E-state index contributed by atoms with van der Waals surface area (Å²) in [5.74, 6) is 0.159. The molecule has 0 saturated heterocycles. The third-order valence-electron chi connectivity index (χ3n) is 2.57. The topological polar surface area (TPSA) is 32.3 Å². The van der Waals surface area contributed by atoms with Crippen LogP contribution in [0.15, 0.2) is 0 Å². The molecule has 0 saturated carbocycles. The maximum absolute atomic E-state index is 11.7. The summed E-state index contributed by atoms with van der Waals surface area (Å²) in [7, 11) is 3.60. The van der Waals surface area contributed by atoms with Crippen molar-refractivity contribution in [2.45, 2.75) is 58.5 Å². The van der Waals surface area contributed by atoms with Gasteiger partial charge in [0.2, 0.25) is 5.91 Å². The van der Waals surface area contributed by atoms with Crippen LogP contribution in [0.4, 0.5) is 0 Å². The Balaban J connectivity index is 4.08. The summed E-state index contributed by atoms with van der Waals surface area (Å²) in [6.45, 7) is 6.31. The Morgan fingerprint density at radius 1 is 1.20 bits per heavy atom. The van der Waals surface area contributed by atoms with Crippen molar-refractivity contribution in [3.63, 3.8) is 0 Å². The van der Waals surface area contributed by atoms with Crippen LogP contribution in [0.2, 0.25) is 0 Å². The lowest BCUT2D eigenvalue weighted by molar-refractivity contribution is -0.130. The summed E-state index contributed by atoms with van der Waals surface area (Å²) in [4.78, 5) is 13.3. The summed E-state index contributed by atoms with van der Waals surface area (Å²) in [5.41, 5.74) is 0. The van der Waals surface area contributed by atoms with Crippen molar-refractivity contribution < 1.29 is 4.79 Å². The number of hydrogen-bond acceptors (Lipinski definition) is 2. The molecule has 0 aromatic carbocycles. The molecule has 0 aliphatic heterocycles. The van der Waals surface area contributed by atoms with E-state index in [4.69, 9.17) is 0 Å². The van der Waals surface area contributed by atoms with E-state index >= 15 is 0 Å². The van der Waals surface area contributed by atoms with Crippen LogP contribution in [-0.2, 0) is 4.79 Å². The number of rotatable bonds is 7. The second kappa shape index (κ2) is 7.69. The lowest BCUT2D eigenvalue weighted by atomic mass is 10.1. The van der Waals surface area contributed by atoms with Crippen LogP contribution in [0.3, 0.4) is 0 Å². The van der Waals surface area contributed by atoms with E-state index in [1.54, 1.807) is 19.0 Å². The first-order valence-electron chi connectivity index (χ1n) is 6.00. The zero-order valence-corrected chi connectivity index (χ0v) is 10.8. The minimum Gasteiger partial charge on any atom is -0.347 e. The van der Waals surface area contributed by atoms with E-state index in [2.05, 4.69) is 19.2 Å². The number of nitrogens with one attached hydrogen (secondary N) is 1. The van der Waals surface area contributed by atoms with Gasteiger partial charge in [0.25, 0.3) is 0 Å². The average Bonchev–Trinajstić information content (AvgIpc) is 2.17. The molecule has 0 fully saturated rings. The van der Waals surface area contributed by atoms with E-state index < -0.39 is 0 Å². The molecule has 0 radical (unpaired) electrons. The van der Waals surface area contributed by atoms with Gasteiger partial charge in [-0.15, -0.1) is 0 Å². The van der Waals surface area contributed by atoms with Crippen molar-refractivity contribution in [3.8, 4) is 0 Å². The van der Waals surface area contributed by atoms with E-state index in [-0.39, 0.29) is 11.9 Å². The van der Waals surface area contributed by atoms with Crippen LogP contribution in [-0.4, -0.2) is 37.0 Å². The smallest absolute Gasteiger partial charge is 0.238 e. The summed E-state index contributed by atoms with van der Waals surface area (Å²) in [6, 6.07) is 0.419. The second-order valence-corrected chi connectivity index (χ2v) is 4.40. The second-order valence-electron chi connectivity index (χ2n) is 4.40. The Morgan fingerprint density at radius 2 is 1.67 bits per heavy atom. The van der Waals surface area contributed by atoms with Crippen LogP contribution in [0.1, 0.15) is 46.5 Å². The molecule has 0 unspecified atom stereocenters. The third-order valence-corrected chi connectivity index (χ3v) is 2.57. The third kappa shape index (κ3) is 5.78. The Hall–Kier alpha value is -0.570. The highest BCUT2D eigenvalue weighted by Gasteiger charge is 2.17. The van der Waals surface area contributed by atoms with E-state index in [0.29, 0.717) is 6.04 Å². The highest BCUT2D eigenvalue weighted by molar-refractivity contribution is 5.80. The maximum Gasteiger partial charge on any atom is 0.238 e. The van der Waals surface area contributed by atoms with Crippen LogP contribution in [0.25, 0.3) is 0 Å². The molecule has 0 bridgehead atoms. The average molecular weight is 214 g/mol. The monoisotopic (exact) mass is 214 g/mol. The van der Waals surface area contributed by atoms with Gasteiger partial charge in [0.1, 0.15) is 0 Å². The number of carbonyl (C=O) groups excluding carboxylic acids is 1. The molecule has 0 aromatic rings. The molecule has 0 heterocycles. The van der Waals surface area contributed by atoms with Crippen LogP contribution in [0.5, 0.6) is 0 Å². The molecule has 1 atom stereocenters. The van der Waals surface area contributed by atoms with Gasteiger partial charge >= 0.3 is 0 Å². The van der Waals surface area contributed by atoms with Crippen molar-refractivity contribution in [1.29, 1.82) is 0 Å². The predicted molar refractivity (Wildman–Crippen MR) is 64.9 cm³/mol. The van der Waals surface area contributed by atoms with Gasteiger partial charge in [0.05, 0.1) is 6.04 Å². The van der Waals surface area contributed by atoms with Gasteiger partial charge in [-0.1, -0.05) is 26.7 Å². The molecule has 1 N–H and O–H groups in total. The molecule has 1 amide bonds. The van der Waals surface area contributed by atoms with Crippen molar-refractivity contribution in [1.82, 2.24) is 10.2 Å². The minimum absolute atomic E-state index is 0.0666. The Morgan fingerprint density at radius 3 is 2.00 bits per heavy atom. The maximum atomic E-state index is 11.7. The first-order valence-corrected chi connectivity index (χ1v) is 6.00. The molecule has 0 aliphatic rings. The number of likely N-dealkylation sites (N-methyl/N-ethyl adjacent to an activating group) is 1. The molecule has 90 valence electrons. The quantitative estimate of drug-likeness (QED) is 0.703. The van der Waals surface area contributed by atoms with E-state index in [0.717, 1.165) is 12.8 Å². The number of amides is 1. The molecule has 0 aromatic heterocycles.